The normalized spacial score (nSPS) is 13.1. The van der Waals surface area contributed by atoms with E-state index in [-0.39, 0.29) is 11.5 Å². The van der Waals surface area contributed by atoms with E-state index in [1.807, 2.05) is 43.3 Å². The standard InChI is InChI=1S/C26H27N3O4.C2HF3O2/c1-18-6-3-4-9-22(18)25(30)27-19-10-11-24(23(16-19)26(31)32)29-14-12-28(13-15-29)20-7-5-8-21(17-20)33-2;3-2(4,5)1(6)7/h3-11,16-17H,12-15H2,1-2H3,(H,27,30)(H,31,32);(H,6,7). The van der Waals surface area contributed by atoms with E-state index >= 15 is 0 Å². The minimum atomic E-state index is -5.08. The number of nitrogens with one attached hydrogen (secondary N) is 1. The van der Waals surface area contributed by atoms with Gasteiger partial charge in [0.05, 0.1) is 18.4 Å². The molecule has 3 aromatic carbocycles. The van der Waals surface area contributed by atoms with Gasteiger partial charge in [-0.05, 0) is 48.9 Å². The molecule has 0 unspecified atom stereocenters. The van der Waals surface area contributed by atoms with Gasteiger partial charge in [0.25, 0.3) is 5.91 Å². The summed E-state index contributed by atoms with van der Waals surface area (Å²) in [4.78, 5) is 37.9. The molecule has 0 aromatic heterocycles. The van der Waals surface area contributed by atoms with Crippen molar-refractivity contribution in [3.8, 4) is 5.75 Å². The van der Waals surface area contributed by atoms with Crippen LogP contribution >= 0.6 is 0 Å². The lowest BCUT2D eigenvalue weighted by atomic mass is 10.1. The Morgan fingerprint density at radius 1 is 0.850 bits per heavy atom. The quantitative estimate of drug-likeness (QED) is 0.390. The van der Waals surface area contributed by atoms with Crippen LogP contribution in [0.3, 0.4) is 0 Å². The Kier molecular flexibility index (Phi) is 9.59. The molecule has 4 rings (SSSR count). The number of carboxylic acids is 2. The van der Waals surface area contributed by atoms with Gasteiger partial charge in [0, 0.05) is 49.2 Å². The van der Waals surface area contributed by atoms with Crippen LogP contribution in [0.5, 0.6) is 5.75 Å². The van der Waals surface area contributed by atoms with Crippen molar-refractivity contribution in [3.05, 3.63) is 83.4 Å². The number of aromatic carboxylic acids is 1. The Bertz CT molecular complexity index is 1370. The van der Waals surface area contributed by atoms with Crippen LogP contribution in [0.2, 0.25) is 0 Å². The van der Waals surface area contributed by atoms with Crippen LogP contribution in [-0.4, -0.2) is 67.5 Å². The maximum atomic E-state index is 12.6. The minimum Gasteiger partial charge on any atom is -0.497 e. The van der Waals surface area contributed by atoms with Crippen LogP contribution in [0.4, 0.5) is 30.2 Å². The number of hydrogen-bond acceptors (Lipinski definition) is 6. The molecule has 0 radical (unpaired) electrons. The summed E-state index contributed by atoms with van der Waals surface area (Å²) in [6.07, 6.45) is -5.08. The zero-order chi connectivity index (χ0) is 29.4. The molecule has 1 amide bonds. The predicted molar refractivity (Wildman–Crippen MR) is 144 cm³/mol. The number of aliphatic carboxylic acids is 1. The summed E-state index contributed by atoms with van der Waals surface area (Å²) in [7, 11) is 1.65. The summed E-state index contributed by atoms with van der Waals surface area (Å²) in [5, 5.41) is 19.8. The van der Waals surface area contributed by atoms with Crippen molar-refractivity contribution in [2.45, 2.75) is 13.1 Å². The van der Waals surface area contributed by atoms with E-state index in [1.54, 1.807) is 31.4 Å². The number of alkyl halides is 3. The van der Waals surface area contributed by atoms with Crippen LogP contribution in [-0.2, 0) is 4.79 Å². The fraction of sp³-hybridized carbons (Fsp3) is 0.250. The van der Waals surface area contributed by atoms with Crippen molar-refractivity contribution in [2.75, 3.05) is 48.4 Å². The Hall–Kier alpha value is -4.74. The zero-order valence-corrected chi connectivity index (χ0v) is 21.7. The third kappa shape index (κ3) is 7.65. The summed E-state index contributed by atoms with van der Waals surface area (Å²) in [5.74, 6) is -3.23. The molecule has 9 nitrogen and oxygen atoms in total. The number of carboxylic acid groups (broad SMARTS) is 2. The molecule has 0 spiro atoms. The summed E-state index contributed by atoms with van der Waals surface area (Å²) in [6.45, 7) is 4.76. The largest absolute Gasteiger partial charge is 0.497 e. The highest BCUT2D eigenvalue weighted by Gasteiger charge is 2.38. The van der Waals surface area contributed by atoms with Crippen molar-refractivity contribution in [3.63, 3.8) is 0 Å². The van der Waals surface area contributed by atoms with Gasteiger partial charge in [-0.2, -0.15) is 13.2 Å². The van der Waals surface area contributed by atoms with Crippen LogP contribution in [0.25, 0.3) is 0 Å². The van der Waals surface area contributed by atoms with Crippen molar-refractivity contribution in [1.29, 1.82) is 0 Å². The zero-order valence-electron chi connectivity index (χ0n) is 21.7. The Morgan fingerprint density at radius 3 is 2.05 bits per heavy atom. The number of methoxy groups -OCH3 is 1. The first-order valence-electron chi connectivity index (χ1n) is 12.1. The van der Waals surface area contributed by atoms with E-state index in [2.05, 4.69) is 15.1 Å². The summed E-state index contributed by atoms with van der Waals surface area (Å²) in [6, 6.07) is 20.3. The molecular weight excluding hydrogens is 531 g/mol. The lowest BCUT2D eigenvalue weighted by Crippen LogP contribution is -2.47. The number of hydrogen-bond donors (Lipinski definition) is 3. The number of aryl methyl sites for hydroxylation is 1. The first-order chi connectivity index (χ1) is 18.9. The molecular formula is C28H28F3N3O6. The lowest BCUT2D eigenvalue weighted by molar-refractivity contribution is -0.192. The molecule has 1 saturated heterocycles. The first kappa shape index (κ1) is 29.8. The predicted octanol–water partition coefficient (Wildman–Crippen LogP) is 4.91. The molecule has 3 N–H and O–H groups in total. The average Bonchev–Trinajstić information content (AvgIpc) is 2.93. The second-order valence-electron chi connectivity index (χ2n) is 8.78. The van der Waals surface area contributed by atoms with Gasteiger partial charge in [0.15, 0.2) is 0 Å². The molecule has 0 atom stereocenters. The minimum absolute atomic E-state index is 0.174. The molecule has 1 fully saturated rings. The Labute approximate surface area is 228 Å². The number of nitrogens with zero attached hydrogens (tertiary/aromatic N) is 2. The lowest BCUT2D eigenvalue weighted by Gasteiger charge is -2.38. The molecule has 1 aliphatic rings. The van der Waals surface area contributed by atoms with Crippen LogP contribution < -0.4 is 19.9 Å². The van der Waals surface area contributed by atoms with Crippen molar-refractivity contribution in [1.82, 2.24) is 0 Å². The first-order valence-corrected chi connectivity index (χ1v) is 12.1. The van der Waals surface area contributed by atoms with E-state index in [4.69, 9.17) is 14.6 Å². The number of amides is 1. The monoisotopic (exact) mass is 559 g/mol. The molecule has 40 heavy (non-hydrogen) atoms. The fourth-order valence-corrected chi connectivity index (χ4v) is 4.10. The topological polar surface area (TPSA) is 119 Å². The number of halogens is 3. The summed E-state index contributed by atoms with van der Waals surface area (Å²) >= 11 is 0. The number of carbonyl (C=O) groups is 3. The number of rotatable bonds is 6. The Morgan fingerprint density at radius 2 is 1.48 bits per heavy atom. The van der Waals surface area contributed by atoms with E-state index in [0.717, 1.165) is 30.1 Å². The third-order valence-electron chi connectivity index (χ3n) is 6.16. The number of benzene rings is 3. The Balaban J connectivity index is 0.000000559. The van der Waals surface area contributed by atoms with Crippen molar-refractivity contribution in [2.24, 2.45) is 0 Å². The number of carbonyl (C=O) groups excluding carboxylic acids is 1. The van der Waals surface area contributed by atoms with Crippen LogP contribution in [0, 0.1) is 6.92 Å². The van der Waals surface area contributed by atoms with Gasteiger partial charge >= 0.3 is 18.1 Å². The van der Waals surface area contributed by atoms with Gasteiger partial charge in [-0.3, -0.25) is 4.79 Å². The van der Waals surface area contributed by atoms with Crippen LogP contribution in [0.1, 0.15) is 26.3 Å². The van der Waals surface area contributed by atoms with Gasteiger partial charge in [-0.1, -0.05) is 24.3 Å². The average molecular weight is 560 g/mol. The van der Waals surface area contributed by atoms with Gasteiger partial charge in [0.2, 0.25) is 0 Å². The van der Waals surface area contributed by atoms with E-state index in [1.165, 1.54) is 6.07 Å². The molecule has 1 heterocycles. The fourth-order valence-electron chi connectivity index (χ4n) is 4.10. The van der Waals surface area contributed by atoms with Crippen molar-refractivity contribution < 1.29 is 42.5 Å². The highest BCUT2D eigenvalue weighted by atomic mass is 19.4. The molecule has 3 aromatic rings. The van der Waals surface area contributed by atoms with E-state index in [9.17, 15) is 27.9 Å². The van der Waals surface area contributed by atoms with Gasteiger partial charge in [-0.25, -0.2) is 9.59 Å². The molecule has 0 bridgehead atoms. The highest BCUT2D eigenvalue weighted by Crippen LogP contribution is 2.28. The number of piperazine rings is 1. The summed E-state index contributed by atoms with van der Waals surface area (Å²) < 4.78 is 37.1. The van der Waals surface area contributed by atoms with E-state index < -0.39 is 18.1 Å². The van der Waals surface area contributed by atoms with Gasteiger partial charge in [0.1, 0.15) is 5.75 Å². The SMILES string of the molecule is COc1cccc(N2CCN(c3ccc(NC(=O)c4ccccc4C)cc3C(=O)O)CC2)c1.O=C(O)C(F)(F)F. The van der Waals surface area contributed by atoms with Gasteiger partial charge < -0.3 is 30.1 Å². The van der Waals surface area contributed by atoms with E-state index in [0.29, 0.717) is 30.0 Å². The second kappa shape index (κ2) is 12.9. The highest BCUT2D eigenvalue weighted by molar-refractivity contribution is 6.06. The summed E-state index contributed by atoms with van der Waals surface area (Å²) in [5.41, 5.74) is 3.79. The molecule has 0 saturated carbocycles. The maximum absolute atomic E-state index is 12.6. The number of anilines is 3. The number of ether oxygens (including phenoxy) is 1. The van der Waals surface area contributed by atoms with Crippen LogP contribution in [0.15, 0.2) is 66.7 Å². The van der Waals surface area contributed by atoms with Crippen molar-refractivity contribution >= 4 is 34.9 Å². The third-order valence-corrected chi connectivity index (χ3v) is 6.16. The molecule has 1 aliphatic heterocycles. The molecule has 0 aliphatic carbocycles. The van der Waals surface area contributed by atoms with Gasteiger partial charge in [-0.15, -0.1) is 0 Å². The molecule has 12 heteroatoms. The molecule has 212 valence electrons. The smallest absolute Gasteiger partial charge is 0.490 e. The second-order valence-corrected chi connectivity index (χ2v) is 8.78. The maximum Gasteiger partial charge on any atom is 0.490 e.